The van der Waals surface area contributed by atoms with Gasteiger partial charge in [-0.15, -0.1) is 5.10 Å². The van der Waals surface area contributed by atoms with E-state index in [1.165, 1.54) is 28.0 Å². The monoisotopic (exact) mass is 405 g/mol. The highest BCUT2D eigenvalue weighted by molar-refractivity contribution is 7.17. The number of β-amino-alcohol motifs (C(OH)–C–C–N with tert-alkyl or cyclic N) is 1. The van der Waals surface area contributed by atoms with Crippen molar-refractivity contribution in [2.24, 2.45) is 0 Å². The maximum atomic E-state index is 14.0. The average molecular weight is 405 g/mol. The summed E-state index contributed by atoms with van der Waals surface area (Å²) in [6.45, 7) is 5.91. The van der Waals surface area contributed by atoms with Crippen LogP contribution in [-0.2, 0) is 6.42 Å². The third-order valence-corrected chi connectivity index (χ3v) is 6.23. The van der Waals surface area contributed by atoms with Gasteiger partial charge in [-0.3, -0.25) is 9.80 Å². The minimum absolute atomic E-state index is 0.0687. The van der Waals surface area contributed by atoms with Crippen LogP contribution in [0.3, 0.4) is 0 Å². The van der Waals surface area contributed by atoms with Crippen LogP contribution in [0.25, 0.3) is 4.96 Å². The first-order valence-electron chi connectivity index (χ1n) is 9.50. The maximum absolute atomic E-state index is 14.0. The Morgan fingerprint density at radius 1 is 1.25 bits per heavy atom. The van der Waals surface area contributed by atoms with Crippen molar-refractivity contribution < 1.29 is 14.6 Å². The van der Waals surface area contributed by atoms with E-state index in [1.807, 2.05) is 13.0 Å². The molecule has 0 saturated carbocycles. The molecule has 1 atom stereocenters. The first-order valence-corrected chi connectivity index (χ1v) is 10.3. The van der Waals surface area contributed by atoms with Crippen LogP contribution < -0.4 is 0 Å². The summed E-state index contributed by atoms with van der Waals surface area (Å²) in [4.78, 5) is 10.3. The van der Waals surface area contributed by atoms with E-state index in [0.717, 1.165) is 36.6 Å². The van der Waals surface area contributed by atoms with E-state index in [2.05, 4.69) is 19.9 Å². The van der Waals surface area contributed by atoms with Gasteiger partial charge < -0.3 is 10.2 Å². The molecule has 1 saturated heterocycles. The number of aromatic hydroxyl groups is 1. The van der Waals surface area contributed by atoms with Gasteiger partial charge in [-0.2, -0.15) is 4.52 Å². The van der Waals surface area contributed by atoms with Crippen LogP contribution in [0, 0.1) is 5.82 Å². The molecule has 1 aromatic carbocycles. The van der Waals surface area contributed by atoms with Crippen LogP contribution in [0.2, 0.25) is 0 Å². The van der Waals surface area contributed by atoms with Crippen molar-refractivity contribution in [2.75, 3.05) is 39.3 Å². The normalized spacial score (nSPS) is 17.4. The van der Waals surface area contributed by atoms with Gasteiger partial charge in [0.1, 0.15) is 5.82 Å². The Bertz CT molecular complexity index is 951. The minimum atomic E-state index is -0.298. The number of benzene rings is 1. The summed E-state index contributed by atoms with van der Waals surface area (Å²) in [7, 11) is 0. The number of piperazine rings is 1. The molecule has 0 aliphatic carbocycles. The highest BCUT2D eigenvalue weighted by Gasteiger charge is 2.31. The Morgan fingerprint density at radius 2 is 2.04 bits per heavy atom. The Hall–Kier alpha value is -2.07. The zero-order chi connectivity index (χ0) is 19.7. The lowest BCUT2D eigenvalue weighted by Crippen LogP contribution is -2.48. The van der Waals surface area contributed by atoms with E-state index >= 15 is 0 Å². The van der Waals surface area contributed by atoms with Gasteiger partial charge >= 0.3 is 0 Å². The number of halogens is 1. The highest BCUT2D eigenvalue weighted by Crippen LogP contribution is 2.40. The predicted octanol–water partition coefficient (Wildman–Crippen LogP) is 1.90. The second-order valence-corrected chi connectivity index (χ2v) is 7.93. The molecule has 2 aromatic heterocycles. The number of aliphatic hydroxyl groups is 1. The Morgan fingerprint density at radius 3 is 2.68 bits per heavy atom. The molecule has 0 spiro atoms. The Balaban J connectivity index is 1.71. The third kappa shape index (κ3) is 3.62. The number of rotatable bonds is 6. The highest BCUT2D eigenvalue weighted by atomic mass is 32.1. The molecule has 9 heteroatoms. The van der Waals surface area contributed by atoms with E-state index in [1.54, 1.807) is 6.07 Å². The standard InChI is InChI=1S/C19H24FN5O2S/c1-2-15-21-19-25(22-15)18(27)17(28-19)16(13-4-3-5-14(20)12-13)24-8-6-23(7-9-24)10-11-26/h3-5,12,16,26-27H,2,6-11H2,1H3/t16-/m0/s1. The number of hydrogen-bond donors (Lipinski definition) is 2. The molecule has 0 amide bonds. The Kier molecular flexibility index (Phi) is 5.58. The molecule has 1 fully saturated rings. The Labute approximate surface area is 166 Å². The van der Waals surface area contributed by atoms with Crippen LogP contribution in [-0.4, -0.2) is 73.9 Å². The minimum Gasteiger partial charge on any atom is -0.492 e. The molecule has 150 valence electrons. The zero-order valence-corrected chi connectivity index (χ0v) is 16.6. The van der Waals surface area contributed by atoms with Gasteiger partial charge in [0, 0.05) is 39.1 Å². The smallest absolute Gasteiger partial charge is 0.230 e. The van der Waals surface area contributed by atoms with Crippen molar-refractivity contribution >= 4 is 16.3 Å². The van der Waals surface area contributed by atoms with E-state index in [-0.39, 0.29) is 24.3 Å². The molecule has 1 aliphatic heterocycles. The molecule has 3 aromatic rings. The summed E-state index contributed by atoms with van der Waals surface area (Å²) >= 11 is 1.40. The predicted molar refractivity (Wildman–Crippen MR) is 105 cm³/mol. The molecule has 0 bridgehead atoms. The molecule has 4 rings (SSSR count). The SMILES string of the molecule is CCc1nc2sc([C@H](c3cccc(F)c3)N3CCN(CCO)CC3)c(O)n2n1. The number of hydrogen-bond acceptors (Lipinski definition) is 7. The van der Waals surface area contributed by atoms with E-state index in [9.17, 15) is 14.6 Å². The fraction of sp³-hybridized carbons (Fsp3) is 0.474. The summed E-state index contributed by atoms with van der Waals surface area (Å²) in [6, 6.07) is 6.27. The number of thiazole rings is 1. The van der Waals surface area contributed by atoms with Crippen LogP contribution in [0.15, 0.2) is 24.3 Å². The van der Waals surface area contributed by atoms with Gasteiger partial charge in [0.2, 0.25) is 10.8 Å². The summed E-state index contributed by atoms with van der Waals surface area (Å²) < 4.78 is 15.5. The van der Waals surface area contributed by atoms with Crippen molar-refractivity contribution in [3.63, 3.8) is 0 Å². The molecule has 2 N–H and O–H groups in total. The quantitative estimate of drug-likeness (QED) is 0.652. The summed E-state index contributed by atoms with van der Waals surface area (Å²) in [5.41, 5.74) is 0.797. The van der Waals surface area contributed by atoms with Gasteiger partial charge in [0.15, 0.2) is 5.82 Å². The average Bonchev–Trinajstić information content (AvgIpc) is 3.23. The van der Waals surface area contributed by atoms with E-state index in [4.69, 9.17) is 0 Å². The van der Waals surface area contributed by atoms with Crippen molar-refractivity contribution in [1.29, 1.82) is 0 Å². The van der Waals surface area contributed by atoms with Crippen LogP contribution >= 0.6 is 11.3 Å². The first kappa shape index (κ1) is 19.3. The fourth-order valence-electron chi connectivity index (χ4n) is 3.71. The molecule has 0 unspecified atom stereocenters. The van der Waals surface area contributed by atoms with Gasteiger partial charge in [-0.1, -0.05) is 30.4 Å². The van der Waals surface area contributed by atoms with Crippen molar-refractivity contribution in [2.45, 2.75) is 19.4 Å². The largest absolute Gasteiger partial charge is 0.492 e. The summed E-state index contributed by atoms with van der Waals surface area (Å²) in [5, 5.41) is 24.4. The summed E-state index contributed by atoms with van der Waals surface area (Å²) in [5.74, 6) is 0.459. The van der Waals surface area contributed by atoms with Crippen LogP contribution in [0.1, 0.15) is 29.2 Å². The molecule has 3 heterocycles. The molecular weight excluding hydrogens is 381 g/mol. The molecule has 0 radical (unpaired) electrons. The maximum Gasteiger partial charge on any atom is 0.230 e. The van der Waals surface area contributed by atoms with E-state index in [0.29, 0.717) is 23.8 Å². The molecule has 1 aliphatic rings. The lowest BCUT2D eigenvalue weighted by atomic mass is 10.0. The molecular formula is C19H24FN5O2S. The topological polar surface area (TPSA) is 77.1 Å². The van der Waals surface area contributed by atoms with Gasteiger partial charge in [-0.25, -0.2) is 9.37 Å². The van der Waals surface area contributed by atoms with Crippen molar-refractivity contribution in [3.05, 3.63) is 46.3 Å². The number of fused-ring (bicyclic) bond motifs is 1. The zero-order valence-electron chi connectivity index (χ0n) is 15.8. The number of aryl methyl sites for hydroxylation is 1. The lowest BCUT2D eigenvalue weighted by molar-refractivity contribution is 0.0944. The molecule has 7 nitrogen and oxygen atoms in total. The van der Waals surface area contributed by atoms with E-state index < -0.39 is 0 Å². The number of aliphatic hydroxyl groups excluding tert-OH is 1. The second-order valence-electron chi connectivity index (χ2n) is 6.92. The number of nitrogens with zero attached hydrogens (tertiary/aromatic N) is 5. The van der Waals surface area contributed by atoms with Gasteiger partial charge in [0.05, 0.1) is 17.5 Å². The second kappa shape index (κ2) is 8.12. The van der Waals surface area contributed by atoms with Gasteiger partial charge in [-0.05, 0) is 17.7 Å². The van der Waals surface area contributed by atoms with Crippen LogP contribution in [0.5, 0.6) is 5.88 Å². The fourth-order valence-corrected chi connectivity index (χ4v) is 4.85. The number of aromatic nitrogens is 3. The van der Waals surface area contributed by atoms with Crippen LogP contribution in [0.4, 0.5) is 4.39 Å². The molecule has 28 heavy (non-hydrogen) atoms. The summed E-state index contributed by atoms with van der Waals surface area (Å²) in [6.07, 6.45) is 0.698. The lowest BCUT2D eigenvalue weighted by Gasteiger charge is -2.39. The third-order valence-electron chi connectivity index (χ3n) is 5.16. The first-order chi connectivity index (χ1) is 13.6. The van der Waals surface area contributed by atoms with Crippen molar-refractivity contribution in [3.8, 4) is 5.88 Å². The van der Waals surface area contributed by atoms with Gasteiger partial charge in [0.25, 0.3) is 0 Å². The van der Waals surface area contributed by atoms with Crippen molar-refractivity contribution in [1.82, 2.24) is 24.4 Å².